The maximum Gasteiger partial charge on any atom is 0.272 e. The van der Waals surface area contributed by atoms with Crippen LogP contribution in [0.15, 0.2) is 33.0 Å². The molecule has 116 valence electrons. The van der Waals surface area contributed by atoms with Gasteiger partial charge in [-0.2, -0.15) is 0 Å². The lowest BCUT2D eigenvalue weighted by atomic mass is 10.1. The smallest absolute Gasteiger partial charge is 0.268 e. The molecule has 0 radical (unpaired) electrons. The number of aryl methyl sites for hydroxylation is 2. The fourth-order valence-corrected chi connectivity index (χ4v) is 4.68. The molecule has 5 heteroatoms. The van der Waals surface area contributed by atoms with E-state index in [2.05, 4.69) is 45.9 Å². The van der Waals surface area contributed by atoms with Gasteiger partial charge in [-0.25, -0.2) is 4.98 Å². The van der Waals surface area contributed by atoms with Gasteiger partial charge in [0.2, 0.25) is 0 Å². The minimum absolute atomic E-state index is 0.0836. The fourth-order valence-electron chi connectivity index (χ4n) is 2.83. The number of thioether (sulfide) groups is 2. The van der Waals surface area contributed by atoms with Gasteiger partial charge in [0.05, 0.1) is 16.3 Å². The molecular weight excluding hydrogens is 312 g/mol. The summed E-state index contributed by atoms with van der Waals surface area (Å²) >= 11 is 3.29. The van der Waals surface area contributed by atoms with Crippen LogP contribution in [0.25, 0.3) is 5.69 Å². The zero-order valence-electron chi connectivity index (χ0n) is 13.3. The molecule has 1 unspecified atom stereocenters. The van der Waals surface area contributed by atoms with Gasteiger partial charge >= 0.3 is 0 Å². The molecule has 1 aromatic heterocycles. The number of hydrogen-bond donors (Lipinski definition) is 0. The summed E-state index contributed by atoms with van der Waals surface area (Å²) in [5.74, 6) is 0.902. The number of nitrogens with zero attached hydrogens (tertiary/aromatic N) is 2. The van der Waals surface area contributed by atoms with E-state index < -0.39 is 0 Å². The Bertz CT molecular complexity index is 763. The molecule has 0 fully saturated rings. The second-order valence-electron chi connectivity index (χ2n) is 5.72. The van der Waals surface area contributed by atoms with Crippen LogP contribution in [0.1, 0.15) is 30.7 Å². The van der Waals surface area contributed by atoms with E-state index in [1.54, 1.807) is 28.1 Å². The van der Waals surface area contributed by atoms with Crippen molar-refractivity contribution in [2.24, 2.45) is 0 Å². The van der Waals surface area contributed by atoms with Gasteiger partial charge in [0.25, 0.3) is 5.56 Å². The first-order chi connectivity index (χ1) is 10.5. The monoisotopic (exact) mass is 332 g/mol. The van der Waals surface area contributed by atoms with E-state index >= 15 is 0 Å². The van der Waals surface area contributed by atoms with Crippen molar-refractivity contribution in [3.05, 3.63) is 45.4 Å². The third-order valence-corrected chi connectivity index (χ3v) is 5.65. The van der Waals surface area contributed by atoms with Crippen molar-refractivity contribution >= 4 is 23.5 Å². The van der Waals surface area contributed by atoms with Crippen LogP contribution in [0.5, 0.6) is 0 Å². The van der Waals surface area contributed by atoms with E-state index in [-0.39, 0.29) is 5.56 Å². The highest BCUT2D eigenvalue weighted by Gasteiger charge is 2.26. The van der Waals surface area contributed by atoms with Crippen LogP contribution in [0.2, 0.25) is 0 Å². The van der Waals surface area contributed by atoms with E-state index in [0.29, 0.717) is 5.25 Å². The molecule has 3 nitrogen and oxygen atoms in total. The second kappa shape index (κ2) is 6.13. The normalized spacial score (nSPS) is 16.8. The SMILES string of the molecule is CCSc1nc2c(c(=O)n1-c1cc(C)cc(C)c1)SC(C)C2. The molecule has 1 atom stereocenters. The van der Waals surface area contributed by atoms with E-state index in [0.717, 1.165) is 44.7 Å². The second-order valence-corrected chi connectivity index (χ2v) is 8.40. The number of rotatable bonds is 3. The summed E-state index contributed by atoms with van der Waals surface area (Å²) in [6.07, 6.45) is 0.889. The lowest BCUT2D eigenvalue weighted by molar-refractivity contribution is 0.730. The molecule has 1 aromatic carbocycles. The quantitative estimate of drug-likeness (QED) is 0.629. The molecule has 1 aliphatic heterocycles. The highest BCUT2D eigenvalue weighted by Crippen LogP contribution is 2.34. The summed E-state index contributed by atoms with van der Waals surface area (Å²) in [6, 6.07) is 6.25. The van der Waals surface area contributed by atoms with Crippen LogP contribution in [-0.4, -0.2) is 20.6 Å². The summed E-state index contributed by atoms with van der Waals surface area (Å²) in [5.41, 5.74) is 4.31. The van der Waals surface area contributed by atoms with Crippen LogP contribution in [0.3, 0.4) is 0 Å². The topological polar surface area (TPSA) is 34.9 Å². The molecule has 1 aliphatic rings. The van der Waals surface area contributed by atoms with Crippen LogP contribution >= 0.6 is 23.5 Å². The highest BCUT2D eigenvalue weighted by molar-refractivity contribution is 8.00. The molecule has 0 spiro atoms. The fraction of sp³-hybridized carbons (Fsp3) is 0.412. The molecule has 0 bridgehead atoms. The number of benzene rings is 1. The Morgan fingerprint density at radius 1 is 1.32 bits per heavy atom. The van der Waals surface area contributed by atoms with Crippen molar-refractivity contribution in [1.29, 1.82) is 0 Å². The zero-order chi connectivity index (χ0) is 15.9. The van der Waals surface area contributed by atoms with E-state index in [1.165, 1.54) is 0 Å². The van der Waals surface area contributed by atoms with Gasteiger partial charge in [-0.05, 0) is 42.9 Å². The third-order valence-electron chi connectivity index (χ3n) is 3.62. The Morgan fingerprint density at radius 3 is 2.64 bits per heavy atom. The van der Waals surface area contributed by atoms with E-state index in [1.807, 2.05) is 0 Å². The van der Waals surface area contributed by atoms with Crippen molar-refractivity contribution in [2.45, 2.75) is 49.4 Å². The molecule has 0 saturated carbocycles. The molecule has 0 N–H and O–H groups in total. The summed E-state index contributed by atoms with van der Waals surface area (Å²) < 4.78 is 1.79. The minimum atomic E-state index is 0.0836. The van der Waals surface area contributed by atoms with E-state index in [9.17, 15) is 4.79 Å². The molecule has 0 amide bonds. The Labute approximate surface area is 139 Å². The Hall–Kier alpha value is -1.20. The maximum absolute atomic E-state index is 13.0. The van der Waals surface area contributed by atoms with Crippen LogP contribution < -0.4 is 5.56 Å². The summed E-state index contributed by atoms with van der Waals surface area (Å²) in [6.45, 7) is 8.37. The summed E-state index contributed by atoms with van der Waals surface area (Å²) in [4.78, 5) is 18.6. The number of hydrogen-bond acceptors (Lipinski definition) is 4. The number of fused-ring (bicyclic) bond motifs is 1. The predicted octanol–water partition coefficient (Wildman–Crippen LogP) is 4.00. The minimum Gasteiger partial charge on any atom is -0.268 e. The Kier molecular flexibility index (Phi) is 4.37. The standard InChI is InChI=1S/C17H20N2OS2/c1-5-21-17-18-14-9-12(4)22-15(14)16(20)19(17)13-7-10(2)6-11(3)8-13/h6-8,12H,5,9H2,1-4H3. The van der Waals surface area contributed by atoms with Gasteiger partial charge in [-0.1, -0.05) is 31.7 Å². The molecule has 0 aliphatic carbocycles. The van der Waals surface area contributed by atoms with Gasteiger partial charge in [0, 0.05) is 11.7 Å². The lowest BCUT2D eigenvalue weighted by Gasteiger charge is -2.14. The maximum atomic E-state index is 13.0. The zero-order valence-corrected chi connectivity index (χ0v) is 15.0. The molecule has 0 saturated heterocycles. The van der Waals surface area contributed by atoms with Crippen molar-refractivity contribution in [3.63, 3.8) is 0 Å². The average molecular weight is 332 g/mol. The van der Waals surface area contributed by atoms with Gasteiger partial charge < -0.3 is 0 Å². The van der Waals surface area contributed by atoms with Crippen molar-refractivity contribution in [3.8, 4) is 5.69 Å². The van der Waals surface area contributed by atoms with Crippen molar-refractivity contribution in [2.75, 3.05) is 5.75 Å². The van der Waals surface area contributed by atoms with Crippen LogP contribution in [0, 0.1) is 13.8 Å². The average Bonchev–Trinajstić information content (AvgIpc) is 2.79. The Balaban J connectivity index is 2.26. The van der Waals surface area contributed by atoms with Crippen LogP contribution in [0.4, 0.5) is 0 Å². The molecule has 3 rings (SSSR count). The third kappa shape index (κ3) is 2.84. The molecule has 2 heterocycles. The molecule has 2 aromatic rings. The van der Waals surface area contributed by atoms with E-state index in [4.69, 9.17) is 4.98 Å². The Morgan fingerprint density at radius 2 is 2.00 bits per heavy atom. The van der Waals surface area contributed by atoms with Gasteiger partial charge in [-0.3, -0.25) is 9.36 Å². The lowest BCUT2D eigenvalue weighted by Crippen LogP contribution is -2.24. The van der Waals surface area contributed by atoms with Gasteiger partial charge in [-0.15, -0.1) is 11.8 Å². The molecule has 22 heavy (non-hydrogen) atoms. The predicted molar refractivity (Wildman–Crippen MR) is 94.7 cm³/mol. The summed E-state index contributed by atoms with van der Waals surface area (Å²) in [5, 5.41) is 1.25. The highest BCUT2D eigenvalue weighted by atomic mass is 32.2. The van der Waals surface area contributed by atoms with Crippen LogP contribution in [-0.2, 0) is 6.42 Å². The first-order valence-electron chi connectivity index (χ1n) is 7.53. The number of aromatic nitrogens is 2. The first-order valence-corrected chi connectivity index (χ1v) is 9.40. The first kappa shape index (κ1) is 15.7. The molecular formula is C17H20N2OS2. The van der Waals surface area contributed by atoms with Crippen molar-refractivity contribution in [1.82, 2.24) is 9.55 Å². The van der Waals surface area contributed by atoms with Gasteiger partial charge in [0.1, 0.15) is 0 Å². The van der Waals surface area contributed by atoms with Crippen molar-refractivity contribution < 1.29 is 0 Å². The summed E-state index contributed by atoms with van der Waals surface area (Å²) in [7, 11) is 0. The largest absolute Gasteiger partial charge is 0.272 e. The van der Waals surface area contributed by atoms with Gasteiger partial charge in [0.15, 0.2) is 5.16 Å².